The number of carbonyl (C=O) groups is 1. The molecule has 0 heterocycles. The lowest BCUT2D eigenvalue weighted by Gasteiger charge is -2.21. The second-order valence-corrected chi connectivity index (χ2v) is 5.36. The van der Waals surface area contributed by atoms with Gasteiger partial charge in [0, 0.05) is 19.1 Å². The van der Waals surface area contributed by atoms with Crippen molar-refractivity contribution in [2.45, 2.75) is 52.5 Å². The van der Waals surface area contributed by atoms with Gasteiger partial charge in [-0.05, 0) is 27.2 Å². The lowest BCUT2D eigenvalue weighted by molar-refractivity contribution is -0.121. The van der Waals surface area contributed by atoms with Gasteiger partial charge in [0.25, 0.3) is 0 Å². The fourth-order valence-electron chi connectivity index (χ4n) is 1.43. The minimum Gasteiger partial charge on any atom is -0.356 e. The molecule has 18 heavy (non-hydrogen) atoms. The van der Waals surface area contributed by atoms with E-state index in [2.05, 4.69) is 27.9 Å². The van der Waals surface area contributed by atoms with Crippen LogP contribution < -0.4 is 16.0 Å². The molecule has 1 amide bonds. The minimum absolute atomic E-state index is 0.0287. The molecule has 0 aliphatic carbocycles. The quantitative estimate of drug-likeness (QED) is 0.381. The van der Waals surface area contributed by atoms with Crippen LogP contribution in [0, 0.1) is 0 Å². The summed E-state index contributed by atoms with van der Waals surface area (Å²) >= 11 is 0. The monoisotopic (exact) mass is 256 g/mol. The van der Waals surface area contributed by atoms with E-state index in [1.54, 1.807) is 7.05 Å². The average molecular weight is 256 g/mol. The van der Waals surface area contributed by atoms with Crippen molar-refractivity contribution in [1.82, 2.24) is 16.0 Å². The molecule has 0 saturated carbocycles. The number of rotatable bonds is 6. The first-order valence-corrected chi connectivity index (χ1v) is 6.64. The van der Waals surface area contributed by atoms with Gasteiger partial charge in [-0.1, -0.05) is 19.8 Å². The standard InChI is InChI=1S/C13H28N4O/c1-6-7-8-9-15-12(14-5)16-10-11(18)17-13(2,3)4/h6-10H2,1-5H3,(H,17,18)(H2,14,15,16). The molecule has 0 aromatic rings. The van der Waals surface area contributed by atoms with Gasteiger partial charge in [-0.25, -0.2) is 0 Å². The molecule has 3 N–H and O–H groups in total. The van der Waals surface area contributed by atoms with Crippen LogP contribution in [0.15, 0.2) is 4.99 Å². The molecule has 0 radical (unpaired) electrons. The number of hydrogen-bond donors (Lipinski definition) is 3. The summed E-state index contributed by atoms with van der Waals surface area (Å²) in [7, 11) is 1.71. The second-order valence-electron chi connectivity index (χ2n) is 5.36. The Balaban J connectivity index is 3.84. The number of nitrogens with one attached hydrogen (secondary N) is 3. The molecule has 0 fully saturated rings. The SMILES string of the molecule is CCCCCNC(=NC)NCC(=O)NC(C)(C)C. The molecular weight excluding hydrogens is 228 g/mol. The molecule has 0 unspecified atom stereocenters. The molecule has 0 aliphatic rings. The Kier molecular flexibility index (Phi) is 8.16. The van der Waals surface area contributed by atoms with E-state index in [1.165, 1.54) is 12.8 Å². The fraction of sp³-hybridized carbons (Fsp3) is 0.846. The Morgan fingerprint density at radius 3 is 2.33 bits per heavy atom. The van der Waals surface area contributed by atoms with Crippen LogP contribution >= 0.6 is 0 Å². The molecule has 0 aliphatic heterocycles. The summed E-state index contributed by atoms with van der Waals surface area (Å²) in [5.74, 6) is 0.647. The van der Waals surface area contributed by atoms with Gasteiger partial charge in [-0.2, -0.15) is 0 Å². The highest BCUT2D eigenvalue weighted by Gasteiger charge is 2.13. The molecule has 0 atom stereocenters. The zero-order valence-corrected chi connectivity index (χ0v) is 12.4. The molecular formula is C13H28N4O. The number of unbranched alkanes of at least 4 members (excludes halogenated alkanes) is 2. The van der Waals surface area contributed by atoms with Crippen molar-refractivity contribution >= 4 is 11.9 Å². The third-order valence-electron chi connectivity index (χ3n) is 2.23. The van der Waals surface area contributed by atoms with Crippen molar-refractivity contribution in [1.29, 1.82) is 0 Å². The average Bonchev–Trinajstić information content (AvgIpc) is 2.26. The van der Waals surface area contributed by atoms with Gasteiger partial charge >= 0.3 is 0 Å². The zero-order valence-electron chi connectivity index (χ0n) is 12.4. The van der Waals surface area contributed by atoms with Crippen molar-refractivity contribution in [3.8, 4) is 0 Å². The van der Waals surface area contributed by atoms with Crippen LogP contribution in [0.3, 0.4) is 0 Å². The highest BCUT2D eigenvalue weighted by molar-refractivity contribution is 5.86. The van der Waals surface area contributed by atoms with E-state index in [4.69, 9.17) is 0 Å². The van der Waals surface area contributed by atoms with Gasteiger partial charge in [0.2, 0.25) is 5.91 Å². The Bertz CT molecular complexity index is 269. The van der Waals surface area contributed by atoms with Crippen molar-refractivity contribution in [3.63, 3.8) is 0 Å². The molecule has 0 rings (SSSR count). The van der Waals surface area contributed by atoms with Gasteiger partial charge in [-0.3, -0.25) is 9.79 Å². The first kappa shape index (κ1) is 16.7. The zero-order chi connectivity index (χ0) is 14.0. The van der Waals surface area contributed by atoms with E-state index >= 15 is 0 Å². The summed E-state index contributed by atoms with van der Waals surface area (Å²) in [4.78, 5) is 15.7. The van der Waals surface area contributed by atoms with Crippen molar-refractivity contribution < 1.29 is 4.79 Å². The van der Waals surface area contributed by atoms with E-state index in [9.17, 15) is 4.79 Å². The third-order valence-corrected chi connectivity index (χ3v) is 2.23. The summed E-state index contributed by atoms with van der Waals surface area (Å²) in [6.07, 6.45) is 3.52. The predicted octanol–water partition coefficient (Wildman–Crippen LogP) is 1.26. The fourth-order valence-corrected chi connectivity index (χ4v) is 1.43. The first-order valence-electron chi connectivity index (χ1n) is 6.64. The maximum absolute atomic E-state index is 11.6. The van der Waals surface area contributed by atoms with Gasteiger partial charge in [0.05, 0.1) is 6.54 Å². The Labute approximate surface area is 111 Å². The third kappa shape index (κ3) is 9.93. The van der Waals surface area contributed by atoms with E-state index in [1.807, 2.05) is 20.8 Å². The first-order chi connectivity index (χ1) is 8.39. The van der Waals surface area contributed by atoms with Crippen molar-refractivity contribution in [3.05, 3.63) is 0 Å². The van der Waals surface area contributed by atoms with Crippen LogP contribution in [-0.4, -0.2) is 37.5 Å². The number of hydrogen-bond acceptors (Lipinski definition) is 2. The lowest BCUT2D eigenvalue weighted by Crippen LogP contribution is -2.48. The summed E-state index contributed by atoms with van der Waals surface area (Å²) in [6.45, 7) is 9.18. The molecule has 0 aromatic carbocycles. The Morgan fingerprint density at radius 1 is 1.17 bits per heavy atom. The van der Waals surface area contributed by atoms with Crippen LogP contribution in [0.1, 0.15) is 47.0 Å². The number of carbonyl (C=O) groups excluding carboxylic acids is 1. The summed E-state index contributed by atoms with van der Waals surface area (Å²) in [5.41, 5.74) is -0.198. The van der Waals surface area contributed by atoms with Crippen LogP contribution in [0.5, 0.6) is 0 Å². The molecule has 0 saturated heterocycles. The molecule has 5 nitrogen and oxygen atoms in total. The van der Waals surface area contributed by atoms with Crippen LogP contribution in [0.2, 0.25) is 0 Å². The number of guanidine groups is 1. The number of nitrogens with zero attached hydrogens (tertiary/aromatic N) is 1. The largest absolute Gasteiger partial charge is 0.356 e. The summed E-state index contributed by atoms with van der Waals surface area (Å²) in [5, 5.41) is 9.07. The highest BCUT2D eigenvalue weighted by Crippen LogP contribution is 1.97. The van der Waals surface area contributed by atoms with E-state index < -0.39 is 0 Å². The highest BCUT2D eigenvalue weighted by atomic mass is 16.2. The molecule has 5 heteroatoms. The van der Waals surface area contributed by atoms with Crippen molar-refractivity contribution in [2.24, 2.45) is 4.99 Å². The van der Waals surface area contributed by atoms with E-state index in [-0.39, 0.29) is 18.0 Å². The second kappa shape index (κ2) is 8.78. The maximum atomic E-state index is 11.6. The molecule has 106 valence electrons. The molecule has 0 bridgehead atoms. The van der Waals surface area contributed by atoms with Gasteiger partial charge in [0.15, 0.2) is 5.96 Å². The topological polar surface area (TPSA) is 65.5 Å². The molecule has 0 spiro atoms. The summed E-state index contributed by atoms with van der Waals surface area (Å²) < 4.78 is 0. The van der Waals surface area contributed by atoms with Crippen LogP contribution in [-0.2, 0) is 4.79 Å². The van der Waals surface area contributed by atoms with E-state index in [0.717, 1.165) is 13.0 Å². The number of aliphatic imine (C=N–C) groups is 1. The lowest BCUT2D eigenvalue weighted by atomic mass is 10.1. The minimum atomic E-state index is -0.198. The molecule has 0 aromatic heterocycles. The van der Waals surface area contributed by atoms with Gasteiger partial charge < -0.3 is 16.0 Å². The number of amides is 1. The summed E-state index contributed by atoms with van der Waals surface area (Å²) in [6, 6.07) is 0. The van der Waals surface area contributed by atoms with E-state index in [0.29, 0.717) is 5.96 Å². The van der Waals surface area contributed by atoms with Gasteiger partial charge in [0.1, 0.15) is 0 Å². The Morgan fingerprint density at radius 2 is 1.83 bits per heavy atom. The normalized spacial score (nSPS) is 12.2. The van der Waals surface area contributed by atoms with Gasteiger partial charge in [-0.15, -0.1) is 0 Å². The van der Waals surface area contributed by atoms with Crippen molar-refractivity contribution in [2.75, 3.05) is 20.1 Å². The predicted molar refractivity (Wildman–Crippen MR) is 76.8 cm³/mol. The smallest absolute Gasteiger partial charge is 0.239 e. The van der Waals surface area contributed by atoms with Crippen LogP contribution in [0.25, 0.3) is 0 Å². The van der Waals surface area contributed by atoms with Crippen LogP contribution in [0.4, 0.5) is 0 Å². The Hall–Kier alpha value is -1.26. The maximum Gasteiger partial charge on any atom is 0.239 e.